The lowest BCUT2D eigenvalue weighted by molar-refractivity contribution is 0.0378. The van der Waals surface area contributed by atoms with Gasteiger partial charge in [0.25, 0.3) is 0 Å². The Bertz CT molecular complexity index is 838. The lowest BCUT2D eigenvalue weighted by Gasteiger charge is -2.28. The van der Waals surface area contributed by atoms with Gasteiger partial charge in [-0.3, -0.25) is 4.90 Å². The van der Waals surface area contributed by atoms with Crippen molar-refractivity contribution < 1.29 is 14.3 Å². The van der Waals surface area contributed by atoms with Crippen molar-refractivity contribution in [2.45, 2.75) is 59.2 Å². The van der Waals surface area contributed by atoms with Crippen LogP contribution in [0.4, 0.5) is 5.82 Å². The number of ether oxygens (including phenoxy) is 2. The third kappa shape index (κ3) is 6.20. The molecule has 1 aliphatic rings. The quantitative estimate of drug-likeness (QED) is 0.521. The molecule has 31 heavy (non-hydrogen) atoms. The van der Waals surface area contributed by atoms with E-state index in [9.17, 15) is 4.79 Å². The molecule has 6 heteroatoms. The molecule has 1 aromatic heterocycles. The third-order valence-electron chi connectivity index (χ3n) is 5.52. The van der Waals surface area contributed by atoms with Crippen molar-refractivity contribution >= 4 is 11.8 Å². The number of carbonyl (C=O) groups excluding carboxylic acids is 1. The van der Waals surface area contributed by atoms with Crippen LogP contribution in [0.25, 0.3) is 0 Å². The first-order valence-electron chi connectivity index (χ1n) is 11.4. The van der Waals surface area contributed by atoms with Crippen LogP contribution in [0.5, 0.6) is 5.75 Å². The normalized spacial score (nSPS) is 16.2. The van der Waals surface area contributed by atoms with E-state index in [4.69, 9.17) is 9.47 Å². The number of esters is 1. The molecule has 0 spiro atoms. The zero-order valence-electron chi connectivity index (χ0n) is 19.2. The van der Waals surface area contributed by atoms with Gasteiger partial charge in [-0.05, 0) is 63.1 Å². The number of hydrogen-bond acceptors (Lipinski definition) is 6. The van der Waals surface area contributed by atoms with Crippen LogP contribution in [0.3, 0.4) is 0 Å². The molecule has 0 N–H and O–H groups in total. The fraction of sp³-hybridized carbons (Fsp3) is 0.520. The van der Waals surface area contributed by atoms with Crippen LogP contribution in [-0.4, -0.2) is 54.2 Å². The summed E-state index contributed by atoms with van der Waals surface area (Å²) in [4.78, 5) is 21.8. The van der Waals surface area contributed by atoms with Gasteiger partial charge in [0.05, 0.1) is 12.7 Å². The average Bonchev–Trinajstić information content (AvgIpc) is 3.26. The van der Waals surface area contributed by atoms with Crippen molar-refractivity contribution in [1.82, 2.24) is 9.88 Å². The van der Waals surface area contributed by atoms with Gasteiger partial charge in [0.2, 0.25) is 0 Å². The maximum Gasteiger partial charge on any atom is 0.342 e. The van der Waals surface area contributed by atoms with E-state index in [0.717, 1.165) is 57.2 Å². The van der Waals surface area contributed by atoms with Gasteiger partial charge in [-0.2, -0.15) is 0 Å². The van der Waals surface area contributed by atoms with Crippen molar-refractivity contribution in [3.8, 4) is 5.75 Å². The number of carbonyl (C=O) groups is 1. The van der Waals surface area contributed by atoms with E-state index in [0.29, 0.717) is 11.6 Å². The van der Waals surface area contributed by atoms with Gasteiger partial charge in [-0.25, -0.2) is 9.78 Å². The molecule has 6 nitrogen and oxygen atoms in total. The predicted molar refractivity (Wildman–Crippen MR) is 124 cm³/mol. The van der Waals surface area contributed by atoms with E-state index in [1.165, 1.54) is 5.56 Å². The first-order valence-corrected chi connectivity index (χ1v) is 11.4. The maximum absolute atomic E-state index is 12.5. The number of hydrogen-bond donors (Lipinski definition) is 0. The molecule has 2 aromatic rings. The van der Waals surface area contributed by atoms with E-state index in [1.54, 1.807) is 18.3 Å². The van der Waals surface area contributed by atoms with Crippen LogP contribution in [0.2, 0.25) is 0 Å². The molecule has 1 saturated heterocycles. The summed E-state index contributed by atoms with van der Waals surface area (Å²) in [7, 11) is 0. The summed E-state index contributed by atoms with van der Waals surface area (Å²) in [5, 5.41) is 0. The fourth-order valence-electron chi connectivity index (χ4n) is 3.96. The number of aromatic nitrogens is 1. The van der Waals surface area contributed by atoms with Gasteiger partial charge in [0, 0.05) is 31.9 Å². The first kappa shape index (κ1) is 23.1. The van der Waals surface area contributed by atoms with E-state index in [1.807, 2.05) is 13.8 Å². The summed E-state index contributed by atoms with van der Waals surface area (Å²) in [6.45, 7) is 12.4. The molecule has 1 aliphatic heterocycles. The minimum atomic E-state index is -0.306. The third-order valence-corrected chi connectivity index (χ3v) is 5.52. The summed E-state index contributed by atoms with van der Waals surface area (Å²) in [6.07, 6.45) is 3.65. The van der Waals surface area contributed by atoms with Gasteiger partial charge in [0.15, 0.2) is 0 Å². The van der Waals surface area contributed by atoms with Crippen LogP contribution in [0, 0.1) is 0 Å². The summed E-state index contributed by atoms with van der Waals surface area (Å²) in [6, 6.07) is 12.4. The van der Waals surface area contributed by atoms with Gasteiger partial charge >= 0.3 is 5.97 Å². The second kappa shape index (κ2) is 11.1. The highest BCUT2D eigenvalue weighted by Gasteiger charge is 2.30. The highest BCUT2D eigenvalue weighted by molar-refractivity contribution is 5.94. The monoisotopic (exact) mass is 425 g/mol. The molecule has 168 valence electrons. The first-order chi connectivity index (χ1) is 15.0. The van der Waals surface area contributed by atoms with Gasteiger partial charge < -0.3 is 14.4 Å². The van der Waals surface area contributed by atoms with E-state index in [2.05, 4.69) is 52.9 Å². The molecule has 0 saturated carbocycles. The Kier molecular flexibility index (Phi) is 8.29. The maximum atomic E-state index is 12.5. The lowest BCUT2D eigenvalue weighted by Crippen LogP contribution is -2.37. The predicted octanol–water partition coefficient (Wildman–Crippen LogP) is 4.54. The Balaban J connectivity index is 1.65. The van der Waals surface area contributed by atoms with Crippen LogP contribution in [0.1, 0.15) is 56.5 Å². The smallest absolute Gasteiger partial charge is 0.342 e. The number of anilines is 1. The molecule has 0 aliphatic carbocycles. The SMILES string of the molecule is CCCOc1ccc(CN(CC)C2CCN(c3ncccc3C(=O)OC(C)C)C2)cc1. The summed E-state index contributed by atoms with van der Waals surface area (Å²) in [5.74, 6) is 1.35. The minimum absolute atomic E-state index is 0.152. The minimum Gasteiger partial charge on any atom is -0.494 e. The van der Waals surface area contributed by atoms with Crippen LogP contribution < -0.4 is 9.64 Å². The zero-order valence-corrected chi connectivity index (χ0v) is 19.2. The van der Waals surface area contributed by atoms with Crippen LogP contribution in [-0.2, 0) is 11.3 Å². The molecular weight excluding hydrogens is 390 g/mol. The van der Waals surface area contributed by atoms with Crippen molar-refractivity contribution in [2.75, 3.05) is 31.1 Å². The van der Waals surface area contributed by atoms with Gasteiger partial charge in [0.1, 0.15) is 17.1 Å². The van der Waals surface area contributed by atoms with Crippen molar-refractivity contribution in [1.29, 1.82) is 0 Å². The molecule has 3 rings (SSSR count). The fourth-order valence-corrected chi connectivity index (χ4v) is 3.96. The average molecular weight is 426 g/mol. The second-order valence-corrected chi connectivity index (χ2v) is 8.27. The van der Waals surface area contributed by atoms with E-state index in [-0.39, 0.29) is 12.1 Å². The summed E-state index contributed by atoms with van der Waals surface area (Å²) >= 11 is 0. The Morgan fingerprint density at radius 1 is 1.23 bits per heavy atom. The van der Waals surface area contributed by atoms with Gasteiger partial charge in [-0.15, -0.1) is 0 Å². The van der Waals surface area contributed by atoms with E-state index >= 15 is 0 Å². The van der Waals surface area contributed by atoms with Gasteiger partial charge in [-0.1, -0.05) is 26.0 Å². The van der Waals surface area contributed by atoms with Crippen molar-refractivity contribution in [2.24, 2.45) is 0 Å². The number of likely N-dealkylation sites (N-methyl/N-ethyl adjacent to an activating group) is 1. The second-order valence-electron chi connectivity index (χ2n) is 8.27. The number of pyridine rings is 1. The molecular formula is C25H35N3O3. The molecule has 0 bridgehead atoms. The highest BCUT2D eigenvalue weighted by Crippen LogP contribution is 2.26. The summed E-state index contributed by atoms with van der Waals surface area (Å²) in [5.41, 5.74) is 1.82. The molecule has 1 unspecified atom stereocenters. The van der Waals surface area contributed by atoms with Crippen LogP contribution in [0.15, 0.2) is 42.6 Å². The summed E-state index contributed by atoms with van der Waals surface area (Å²) < 4.78 is 11.1. The molecule has 0 radical (unpaired) electrons. The zero-order chi connectivity index (χ0) is 22.2. The molecule has 1 aromatic carbocycles. The molecule has 1 atom stereocenters. The Morgan fingerprint density at radius 3 is 2.68 bits per heavy atom. The number of benzene rings is 1. The number of rotatable bonds is 10. The lowest BCUT2D eigenvalue weighted by atomic mass is 10.1. The topological polar surface area (TPSA) is 54.9 Å². The highest BCUT2D eigenvalue weighted by atomic mass is 16.5. The number of nitrogens with zero attached hydrogens (tertiary/aromatic N) is 3. The standard InChI is InChI=1S/C25H35N3O3/c1-5-16-30-22-11-9-20(10-12-22)17-27(6-2)21-13-15-28(18-21)24-23(8-7-14-26-24)25(29)31-19(3)4/h7-12,14,19,21H,5-6,13,15-18H2,1-4H3. The van der Waals surface area contributed by atoms with Crippen molar-refractivity contribution in [3.05, 3.63) is 53.7 Å². The Labute approximate surface area is 186 Å². The van der Waals surface area contributed by atoms with Crippen molar-refractivity contribution in [3.63, 3.8) is 0 Å². The molecule has 0 amide bonds. The Hall–Kier alpha value is -2.60. The van der Waals surface area contributed by atoms with Crippen LogP contribution >= 0.6 is 0 Å². The van der Waals surface area contributed by atoms with E-state index < -0.39 is 0 Å². The largest absolute Gasteiger partial charge is 0.494 e. The Morgan fingerprint density at radius 2 is 2.00 bits per heavy atom. The molecule has 2 heterocycles. The molecule has 1 fully saturated rings.